The van der Waals surface area contributed by atoms with Crippen molar-refractivity contribution in [3.8, 4) is 16.2 Å². The van der Waals surface area contributed by atoms with Gasteiger partial charge in [-0.05, 0) is 63.5 Å². The van der Waals surface area contributed by atoms with Crippen molar-refractivity contribution in [1.29, 1.82) is 0 Å². The molecule has 2 heterocycles. The fourth-order valence-electron chi connectivity index (χ4n) is 4.80. The highest BCUT2D eigenvalue weighted by molar-refractivity contribution is 7.13. The van der Waals surface area contributed by atoms with Crippen molar-refractivity contribution < 1.29 is 23.5 Å². The van der Waals surface area contributed by atoms with Gasteiger partial charge in [0.25, 0.3) is 5.91 Å². The number of carbonyl (C=O) groups excluding carboxylic acids is 3. The van der Waals surface area contributed by atoms with E-state index in [0.717, 1.165) is 21.7 Å². The van der Waals surface area contributed by atoms with E-state index in [0.29, 0.717) is 25.1 Å². The third-order valence-corrected chi connectivity index (χ3v) is 8.19. The number of rotatable bonds is 9. The highest BCUT2D eigenvalue weighted by atomic mass is 32.1. The van der Waals surface area contributed by atoms with Crippen LogP contribution >= 0.6 is 11.3 Å². The standard InChI is InChI=1S/C29H39FN4O4S/c1-17(2)38-22-14-19(23-18(3)32-16-39-23)9-10-20(22)15-31-25(35)21-8-7-13-34(21)26(36)24(28(4,5)6)33-27(37)29(30)11-12-29/h9-10,14,16-17,21,24H,7-8,11-13,15H2,1-6H3,(H,31,35)(H,33,37)/t21-,24+/m0/s1. The number of nitrogens with one attached hydrogen (secondary N) is 2. The van der Waals surface area contributed by atoms with Crippen LogP contribution in [0.3, 0.4) is 0 Å². The van der Waals surface area contributed by atoms with Crippen LogP contribution in [0.4, 0.5) is 4.39 Å². The second kappa shape index (κ2) is 11.2. The summed E-state index contributed by atoms with van der Waals surface area (Å²) in [5.74, 6) is -0.677. The lowest BCUT2D eigenvalue weighted by Gasteiger charge is -2.35. The number of carbonyl (C=O) groups is 3. The summed E-state index contributed by atoms with van der Waals surface area (Å²) >= 11 is 1.57. The van der Waals surface area contributed by atoms with Gasteiger partial charge in [-0.3, -0.25) is 14.4 Å². The molecule has 39 heavy (non-hydrogen) atoms. The Labute approximate surface area is 233 Å². The minimum Gasteiger partial charge on any atom is -0.491 e. The molecule has 10 heteroatoms. The topological polar surface area (TPSA) is 101 Å². The van der Waals surface area contributed by atoms with E-state index in [2.05, 4.69) is 15.6 Å². The maximum Gasteiger partial charge on any atom is 0.258 e. The van der Waals surface area contributed by atoms with Crippen molar-refractivity contribution >= 4 is 29.1 Å². The number of aryl methyl sites for hydroxylation is 1. The minimum absolute atomic E-state index is 0.0520. The van der Waals surface area contributed by atoms with Gasteiger partial charge in [0, 0.05) is 18.7 Å². The normalized spacial score (nSPS) is 19.1. The lowest BCUT2D eigenvalue weighted by atomic mass is 9.85. The van der Waals surface area contributed by atoms with Gasteiger partial charge in [0.2, 0.25) is 11.8 Å². The van der Waals surface area contributed by atoms with Crippen LogP contribution in [0.5, 0.6) is 5.75 Å². The predicted molar refractivity (Wildman–Crippen MR) is 149 cm³/mol. The first-order valence-corrected chi connectivity index (χ1v) is 14.5. The van der Waals surface area contributed by atoms with Gasteiger partial charge in [-0.1, -0.05) is 32.9 Å². The van der Waals surface area contributed by atoms with Gasteiger partial charge in [0.15, 0.2) is 5.67 Å². The quantitative estimate of drug-likeness (QED) is 0.471. The molecule has 1 aromatic carbocycles. The van der Waals surface area contributed by atoms with Crippen molar-refractivity contribution in [2.45, 2.75) is 97.6 Å². The van der Waals surface area contributed by atoms with Crippen LogP contribution in [0, 0.1) is 12.3 Å². The average Bonchev–Trinajstić information content (AvgIpc) is 3.24. The molecule has 4 rings (SSSR count). The molecule has 0 bridgehead atoms. The van der Waals surface area contributed by atoms with Crippen LogP contribution in [0.2, 0.25) is 0 Å². The van der Waals surface area contributed by atoms with Crippen LogP contribution in [0.1, 0.15) is 71.6 Å². The second-order valence-electron chi connectivity index (χ2n) is 11.9. The first-order valence-electron chi connectivity index (χ1n) is 13.6. The van der Waals surface area contributed by atoms with Gasteiger partial charge in [-0.15, -0.1) is 11.3 Å². The number of hydrogen-bond acceptors (Lipinski definition) is 6. The molecule has 3 amide bonds. The third kappa shape index (κ3) is 6.59. The number of nitrogens with zero attached hydrogens (tertiary/aromatic N) is 2. The van der Waals surface area contributed by atoms with E-state index in [4.69, 9.17) is 4.74 Å². The number of hydrogen-bond donors (Lipinski definition) is 2. The van der Waals surface area contributed by atoms with Crippen LogP contribution in [-0.2, 0) is 20.9 Å². The molecule has 0 radical (unpaired) electrons. The van der Waals surface area contributed by atoms with Crippen LogP contribution in [0.15, 0.2) is 23.7 Å². The highest BCUT2D eigenvalue weighted by Gasteiger charge is 2.53. The molecule has 1 saturated heterocycles. The SMILES string of the molecule is Cc1ncsc1-c1ccc(CNC(=O)[C@@H]2CCCN2C(=O)[C@@H](NC(=O)C2(F)CC2)C(C)(C)C)c(OC(C)C)c1. The summed E-state index contributed by atoms with van der Waals surface area (Å²) in [5, 5.41) is 5.63. The zero-order chi connectivity index (χ0) is 28.5. The molecule has 8 nitrogen and oxygen atoms in total. The number of likely N-dealkylation sites (tertiary alicyclic amines) is 1. The molecule has 0 unspecified atom stereocenters. The molecule has 2 fully saturated rings. The van der Waals surface area contributed by atoms with Gasteiger partial charge in [0.1, 0.15) is 17.8 Å². The zero-order valence-electron chi connectivity index (χ0n) is 23.6. The molecule has 1 aliphatic carbocycles. The largest absolute Gasteiger partial charge is 0.491 e. The summed E-state index contributed by atoms with van der Waals surface area (Å²) in [4.78, 5) is 46.3. The summed E-state index contributed by atoms with van der Waals surface area (Å²) < 4.78 is 20.4. The Morgan fingerprint density at radius 1 is 1.26 bits per heavy atom. The van der Waals surface area contributed by atoms with Gasteiger partial charge in [0.05, 0.1) is 22.2 Å². The van der Waals surface area contributed by atoms with Gasteiger partial charge >= 0.3 is 0 Å². The maximum atomic E-state index is 14.4. The van der Waals surface area contributed by atoms with Gasteiger partial charge in [-0.2, -0.15) is 0 Å². The number of benzene rings is 1. The fraction of sp³-hybridized carbons (Fsp3) is 0.586. The number of ether oxygens (including phenoxy) is 1. The summed E-state index contributed by atoms with van der Waals surface area (Å²) in [5.41, 5.74) is 2.07. The summed E-state index contributed by atoms with van der Waals surface area (Å²) in [6.45, 7) is 12.0. The average molecular weight is 559 g/mol. The number of halogens is 1. The Morgan fingerprint density at radius 2 is 1.97 bits per heavy atom. The maximum absolute atomic E-state index is 14.4. The molecule has 0 spiro atoms. The monoisotopic (exact) mass is 558 g/mol. The van der Waals surface area contributed by atoms with Crippen molar-refractivity contribution in [2.75, 3.05) is 6.54 Å². The Morgan fingerprint density at radius 3 is 2.56 bits per heavy atom. The smallest absolute Gasteiger partial charge is 0.258 e. The van der Waals surface area contributed by atoms with Crippen molar-refractivity contribution in [2.24, 2.45) is 5.41 Å². The second-order valence-corrected chi connectivity index (χ2v) is 12.8. The van der Waals surface area contributed by atoms with Crippen molar-refractivity contribution in [1.82, 2.24) is 20.5 Å². The Bertz CT molecular complexity index is 1230. The number of aromatic nitrogens is 1. The number of amides is 3. The first-order chi connectivity index (χ1) is 18.3. The van der Waals surface area contributed by atoms with E-state index >= 15 is 0 Å². The minimum atomic E-state index is -1.88. The van der Waals surface area contributed by atoms with E-state index in [1.165, 1.54) is 4.90 Å². The summed E-state index contributed by atoms with van der Waals surface area (Å²) in [7, 11) is 0. The van der Waals surface area contributed by atoms with Crippen LogP contribution in [0.25, 0.3) is 10.4 Å². The molecular formula is C29H39FN4O4S. The van der Waals surface area contributed by atoms with Gasteiger partial charge in [-0.25, -0.2) is 9.37 Å². The molecule has 1 aliphatic heterocycles. The number of alkyl halides is 1. The Hall–Kier alpha value is -3.01. The Kier molecular flexibility index (Phi) is 8.35. The van der Waals surface area contributed by atoms with E-state index < -0.39 is 29.1 Å². The summed E-state index contributed by atoms with van der Waals surface area (Å²) in [6.07, 6.45) is 1.49. The zero-order valence-corrected chi connectivity index (χ0v) is 24.4. The lowest BCUT2D eigenvalue weighted by Crippen LogP contribution is -2.58. The van der Waals surface area contributed by atoms with E-state index in [1.807, 2.05) is 65.3 Å². The van der Waals surface area contributed by atoms with Crippen LogP contribution < -0.4 is 15.4 Å². The summed E-state index contributed by atoms with van der Waals surface area (Å²) in [6, 6.07) is 4.32. The molecular weight excluding hydrogens is 519 g/mol. The molecule has 2 aromatic rings. The van der Waals surface area contributed by atoms with E-state index in [9.17, 15) is 18.8 Å². The fourth-order valence-corrected chi connectivity index (χ4v) is 5.60. The molecule has 1 saturated carbocycles. The first kappa shape index (κ1) is 29.0. The van der Waals surface area contributed by atoms with Crippen molar-refractivity contribution in [3.63, 3.8) is 0 Å². The molecule has 1 aromatic heterocycles. The molecule has 2 N–H and O–H groups in total. The van der Waals surface area contributed by atoms with Gasteiger partial charge < -0.3 is 20.3 Å². The third-order valence-electron chi connectivity index (χ3n) is 7.21. The van der Waals surface area contributed by atoms with E-state index in [-0.39, 0.29) is 37.3 Å². The Balaban J connectivity index is 1.47. The predicted octanol–water partition coefficient (Wildman–Crippen LogP) is 4.55. The lowest BCUT2D eigenvalue weighted by molar-refractivity contribution is -0.144. The van der Waals surface area contributed by atoms with E-state index in [1.54, 1.807) is 11.3 Å². The van der Waals surface area contributed by atoms with Crippen molar-refractivity contribution in [3.05, 3.63) is 35.0 Å². The number of thiazole rings is 1. The molecule has 2 atom stereocenters. The van der Waals surface area contributed by atoms with Crippen LogP contribution in [-0.4, -0.2) is 58.0 Å². The highest BCUT2D eigenvalue weighted by Crippen LogP contribution is 2.40. The molecule has 2 aliphatic rings. The molecule has 212 valence electrons.